The average Bonchev–Trinajstić information content (AvgIpc) is 2.52. The Hall–Kier alpha value is -1.43. The number of nitrogens with zero attached hydrogens (tertiary/aromatic N) is 2. The Kier molecular flexibility index (Phi) is 2.97. The van der Waals surface area contributed by atoms with Crippen LogP contribution in [0.4, 0.5) is 10.2 Å². The maximum atomic E-state index is 11.9. The summed E-state index contributed by atoms with van der Waals surface area (Å²) in [5, 5.41) is 19.3. The molecule has 1 unspecified atom stereocenters. The minimum atomic E-state index is -1.19. The van der Waals surface area contributed by atoms with Crippen molar-refractivity contribution in [3.05, 3.63) is 28.4 Å². The molecule has 6 heteroatoms. The summed E-state index contributed by atoms with van der Waals surface area (Å²) in [5.41, 5.74) is 0. The monoisotopic (exact) mass is 188 g/mol. The summed E-state index contributed by atoms with van der Waals surface area (Å²) < 4.78 is 13.1. The summed E-state index contributed by atoms with van der Waals surface area (Å²) in [6.45, 7) is -1.00. The maximum Gasteiger partial charge on any atom is 0.323 e. The van der Waals surface area contributed by atoms with E-state index in [0.717, 1.165) is 0 Å². The second kappa shape index (κ2) is 3.99. The predicted octanol–water partition coefficient (Wildman–Crippen LogP) is 0.727. The number of aromatic nitrogens is 1. The van der Waals surface area contributed by atoms with Crippen molar-refractivity contribution < 1.29 is 14.4 Å². The van der Waals surface area contributed by atoms with Crippen LogP contribution in [0.3, 0.4) is 0 Å². The Labute approximate surface area is 73.6 Å². The van der Waals surface area contributed by atoms with Gasteiger partial charge < -0.3 is 15.2 Å². The van der Waals surface area contributed by atoms with Gasteiger partial charge >= 0.3 is 5.82 Å². The standard InChI is InChI=1S/C7H9FN2O3/c8-4-6(11)5-9-3-1-2-7(9)10(12)13/h1-3,6,11H,4-5H2. The SMILES string of the molecule is O=[N+]([O-])c1cccn1CC(O)CF. The lowest BCUT2D eigenvalue weighted by atomic mass is 10.4. The largest absolute Gasteiger partial charge is 0.386 e. The summed E-state index contributed by atoms with van der Waals surface area (Å²) in [7, 11) is 0. The zero-order valence-corrected chi connectivity index (χ0v) is 6.76. The molecular formula is C7H9FN2O3. The first-order valence-electron chi connectivity index (χ1n) is 3.68. The van der Waals surface area contributed by atoms with E-state index < -0.39 is 17.7 Å². The molecule has 0 bridgehead atoms. The quantitative estimate of drug-likeness (QED) is 0.559. The molecule has 72 valence electrons. The highest BCUT2D eigenvalue weighted by Crippen LogP contribution is 2.12. The van der Waals surface area contributed by atoms with Gasteiger partial charge in [0.25, 0.3) is 0 Å². The van der Waals surface area contributed by atoms with Crippen molar-refractivity contribution in [3.8, 4) is 0 Å². The minimum Gasteiger partial charge on any atom is -0.386 e. The molecule has 0 radical (unpaired) electrons. The number of rotatable bonds is 4. The molecule has 0 aliphatic carbocycles. The second-order valence-electron chi connectivity index (χ2n) is 2.58. The van der Waals surface area contributed by atoms with Crippen LogP contribution >= 0.6 is 0 Å². The predicted molar refractivity (Wildman–Crippen MR) is 43.1 cm³/mol. The molecule has 1 heterocycles. The topological polar surface area (TPSA) is 68.3 Å². The molecular weight excluding hydrogens is 179 g/mol. The molecule has 0 fully saturated rings. The summed E-state index contributed by atoms with van der Waals surface area (Å²) in [6, 6.07) is 2.77. The van der Waals surface area contributed by atoms with Crippen molar-refractivity contribution in [2.75, 3.05) is 6.67 Å². The van der Waals surface area contributed by atoms with Gasteiger partial charge in [0.2, 0.25) is 0 Å². The molecule has 1 N–H and O–H groups in total. The van der Waals surface area contributed by atoms with Crippen LogP contribution in [0.1, 0.15) is 0 Å². The molecule has 0 saturated carbocycles. The van der Waals surface area contributed by atoms with Gasteiger partial charge in [-0.25, -0.2) is 8.96 Å². The van der Waals surface area contributed by atoms with E-state index in [2.05, 4.69) is 0 Å². The van der Waals surface area contributed by atoms with Gasteiger partial charge in [-0.15, -0.1) is 0 Å². The number of alkyl halides is 1. The van der Waals surface area contributed by atoms with Crippen LogP contribution in [0.5, 0.6) is 0 Å². The van der Waals surface area contributed by atoms with Gasteiger partial charge in [0.15, 0.2) is 0 Å². The van der Waals surface area contributed by atoms with Crippen molar-refractivity contribution in [1.82, 2.24) is 4.57 Å². The van der Waals surface area contributed by atoms with Crippen LogP contribution in [0, 0.1) is 10.1 Å². The second-order valence-corrected chi connectivity index (χ2v) is 2.58. The van der Waals surface area contributed by atoms with Gasteiger partial charge in [-0.1, -0.05) is 0 Å². The first-order valence-corrected chi connectivity index (χ1v) is 3.68. The van der Waals surface area contributed by atoms with Gasteiger partial charge in [0, 0.05) is 6.07 Å². The molecule has 5 nitrogen and oxygen atoms in total. The Morgan fingerprint density at radius 1 is 1.77 bits per heavy atom. The number of aliphatic hydroxyl groups is 1. The maximum absolute atomic E-state index is 11.9. The van der Waals surface area contributed by atoms with E-state index >= 15 is 0 Å². The lowest BCUT2D eigenvalue weighted by molar-refractivity contribution is -0.392. The number of hydrogen-bond acceptors (Lipinski definition) is 3. The molecule has 1 aromatic rings. The van der Waals surface area contributed by atoms with Crippen LogP contribution in [-0.2, 0) is 6.54 Å². The molecule has 1 atom stereocenters. The Bertz CT molecular complexity index is 300. The first-order chi connectivity index (χ1) is 6.15. The molecule has 0 spiro atoms. The van der Waals surface area contributed by atoms with Gasteiger partial charge in [-0.3, -0.25) is 0 Å². The molecule has 13 heavy (non-hydrogen) atoms. The highest BCUT2D eigenvalue weighted by Gasteiger charge is 2.15. The molecule has 1 rings (SSSR count). The van der Waals surface area contributed by atoms with E-state index in [0.29, 0.717) is 0 Å². The minimum absolute atomic E-state index is 0.0974. The van der Waals surface area contributed by atoms with Crippen LogP contribution in [0.25, 0.3) is 0 Å². The van der Waals surface area contributed by atoms with Crippen molar-refractivity contribution in [2.45, 2.75) is 12.6 Å². The van der Waals surface area contributed by atoms with Crippen LogP contribution in [0.15, 0.2) is 18.3 Å². The lowest BCUT2D eigenvalue weighted by Gasteiger charge is -2.04. The molecule has 0 aromatic carbocycles. The fraction of sp³-hybridized carbons (Fsp3) is 0.429. The molecule has 0 aliphatic rings. The number of hydrogen-bond donors (Lipinski definition) is 1. The van der Waals surface area contributed by atoms with E-state index in [-0.39, 0.29) is 12.4 Å². The Balaban J connectivity index is 2.76. The zero-order valence-electron chi connectivity index (χ0n) is 6.76. The van der Waals surface area contributed by atoms with Gasteiger partial charge in [-0.2, -0.15) is 0 Å². The first kappa shape index (κ1) is 9.66. The molecule has 1 aromatic heterocycles. The fourth-order valence-electron chi connectivity index (χ4n) is 1.00. The number of nitro groups is 1. The van der Waals surface area contributed by atoms with Gasteiger partial charge in [-0.05, 0) is 11.0 Å². The fourth-order valence-corrected chi connectivity index (χ4v) is 1.00. The molecule has 0 saturated heterocycles. The van der Waals surface area contributed by atoms with Crippen molar-refractivity contribution in [1.29, 1.82) is 0 Å². The number of halogens is 1. The van der Waals surface area contributed by atoms with E-state index in [1.807, 2.05) is 0 Å². The summed E-state index contributed by atoms with van der Waals surface area (Å²) in [5.74, 6) is -0.146. The highest BCUT2D eigenvalue weighted by molar-refractivity contribution is 5.21. The van der Waals surface area contributed by atoms with Crippen molar-refractivity contribution in [2.24, 2.45) is 0 Å². The van der Waals surface area contributed by atoms with Gasteiger partial charge in [0.1, 0.15) is 19.3 Å². The van der Waals surface area contributed by atoms with Crippen molar-refractivity contribution >= 4 is 5.82 Å². The Morgan fingerprint density at radius 3 is 3.00 bits per heavy atom. The number of aliphatic hydroxyl groups excluding tert-OH is 1. The van der Waals surface area contributed by atoms with Crippen LogP contribution < -0.4 is 0 Å². The van der Waals surface area contributed by atoms with Crippen LogP contribution in [0.2, 0.25) is 0 Å². The molecule has 0 aliphatic heterocycles. The third kappa shape index (κ3) is 2.25. The smallest absolute Gasteiger partial charge is 0.323 e. The molecule has 0 amide bonds. The summed E-state index contributed by atoms with van der Waals surface area (Å²) in [4.78, 5) is 9.78. The average molecular weight is 188 g/mol. The third-order valence-electron chi connectivity index (χ3n) is 1.58. The zero-order chi connectivity index (χ0) is 9.84. The van der Waals surface area contributed by atoms with Gasteiger partial charge in [0.05, 0.1) is 6.20 Å². The van der Waals surface area contributed by atoms with E-state index in [9.17, 15) is 14.5 Å². The lowest BCUT2D eigenvalue weighted by Crippen LogP contribution is -2.18. The summed E-state index contributed by atoms with van der Waals surface area (Å²) in [6.07, 6.45) is 0.239. The van der Waals surface area contributed by atoms with Crippen LogP contribution in [-0.4, -0.2) is 27.4 Å². The highest BCUT2D eigenvalue weighted by atomic mass is 19.1. The Morgan fingerprint density at radius 2 is 2.46 bits per heavy atom. The van der Waals surface area contributed by atoms with E-state index in [1.54, 1.807) is 0 Å². The normalized spacial score (nSPS) is 12.8. The third-order valence-corrected chi connectivity index (χ3v) is 1.58. The van der Waals surface area contributed by atoms with Crippen molar-refractivity contribution in [3.63, 3.8) is 0 Å². The van der Waals surface area contributed by atoms with E-state index in [1.165, 1.54) is 22.9 Å². The van der Waals surface area contributed by atoms with E-state index in [4.69, 9.17) is 5.11 Å². The summed E-state index contributed by atoms with van der Waals surface area (Å²) >= 11 is 0.